The Balaban J connectivity index is 1.80. The van der Waals surface area contributed by atoms with Gasteiger partial charge >= 0.3 is 6.09 Å². The summed E-state index contributed by atoms with van der Waals surface area (Å²) in [5.74, 6) is -4.71. The van der Waals surface area contributed by atoms with Gasteiger partial charge in [-0.1, -0.05) is 76.2 Å². The standard InChI is InChI=1S/C31H41F2N3O5/c1-19(2)15-26(29(39)35-25(18-37)17-23-13-14-34-28(23)38)41-30(40)36-27(21-9-6-5-7-10-21)31(32,33)24-12-8-11-22(16-24)20(3)4/h5-12,16,19-20,23,25-27,37H,13-15,17-18H2,1-4H3,(H,34,38)(H,35,39)(H,36,40)/t23-,25-,26-,27?/m0/s1. The number of nitrogens with one attached hydrogen (secondary N) is 3. The molecule has 0 saturated carbocycles. The molecule has 1 aliphatic rings. The number of carbonyl (C=O) groups excluding carboxylic acids is 3. The summed E-state index contributed by atoms with van der Waals surface area (Å²) in [7, 11) is 0. The number of alkyl carbamates (subject to hydrolysis) is 1. The molecule has 1 unspecified atom stereocenters. The Morgan fingerprint density at radius 1 is 1.05 bits per heavy atom. The zero-order chi connectivity index (χ0) is 30.2. The van der Waals surface area contributed by atoms with Crippen LogP contribution in [0.15, 0.2) is 54.6 Å². The molecule has 224 valence electrons. The van der Waals surface area contributed by atoms with E-state index in [4.69, 9.17) is 4.74 Å². The van der Waals surface area contributed by atoms with Gasteiger partial charge in [0.2, 0.25) is 5.91 Å². The van der Waals surface area contributed by atoms with Crippen LogP contribution in [0.3, 0.4) is 0 Å². The Morgan fingerprint density at radius 3 is 2.32 bits per heavy atom. The Kier molecular flexibility index (Phi) is 11.2. The number of ether oxygens (including phenoxy) is 1. The third-order valence-electron chi connectivity index (χ3n) is 7.22. The van der Waals surface area contributed by atoms with E-state index in [0.29, 0.717) is 13.0 Å². The van der Waals surface area contributed by atoms with E-state index in [1.165, 1.54) is 24.3 Å². The number of hydrogen-bond acceptors (Lipinski definition) is 5. The monoisotopic (exact) mass is 573 g/mol. The number of halogens is 2. The van der Waals surface area contributed by atoms with Crippen molar-refractivity contribution in [2.45, 2.75) is 77.0 Å². The molecule has 0 aromatic heterocycles. The molecule has 10 heteroatoms. The van der Waals surface area contributed by atoms with E-state index in [-0.39, 0.29) is 47.6 Å². The van der Waals surface area contributed by atoms with Gasteiger partial charge in [0.05, 0.1) is 12.6 Å². The van der Waals surface area contributed by atoms with Crippen LogP contribution in [0.25, 0.3) is 0 Å². The zero-order valence-corrected chi connectivity index (χ0v) is 24.0. The lowest BCUT2D eigenvalue weighted by atomic mass is 9.92. The van der Waals surface area contributed by atoms with E-state index >= 15 is 8.78 Å². The molecule has 1 aliphatic heterocycles. The molecule has 3 rings (SSSR count). The molecule has 0 aliphatic carbocycles. The van der Waals surface area contributed by atoms with E-state index < -0.39 is 42.7 Å². The van der Waals surface area contributed by atoms with E-state index in [0.717, 1.165) is 5.56 Å². The summed E-state index contributed by atoms with van der Waals surface area (Å²) in [4.78, 5) is 38.2. The van der Waals surface area contributed by atoms with Gasteiger partial charge in [-0.05, 0) is 48.3 Å². The first kappa shape index (κ1) is 32.0. The fourth-order valence-electron chi connectivity index (χ4n) is 4.91. The highest BCUT2D eigenvalue weighted by Gasteiger charge is 2.44. The second-order valence-corrected chi connectivity index (χ2v) is 11.3. The van der Waals surface area contributed by atoms with E-state index in [1.54, 1.807) is 30.3 Å². The average molecular weight is 574 g/mol. The molecule has 41 heavy (non-hydrogen) atoms. The minimum atomic E-state index is -3.51. The molecule has 0 radical (unpaired) electrons. The van der Waals surface area contributed by atoms with Crippen molar-refractivity contribution in [2.24, 2.45) is 11.8 Å². The highest BCUT2D eigenvalue weighted by atomic mass is 19.3. The molecule has 1 heterocycles. The van der Waals surface area contributed by atoms with Gasteiger partial charge < -0.3 is 25.8 Å². The summed E-state index contributed by atoms with van der Waals surface area (Å²) >= 11 is 0. The van der Waals surface area contributed by atoms with Gasteiger partial charge in [0.15, 0.2) is 6.10 Å². The van der Waals surface area contributed by atoms with Crippen molar-refractivity contribution in [3.8, 4) is 0 Å². The number of aliphatic hydroxyl groups is 1. The van der Waals surface area contributed by atoms with Gasteiger partial charge in [0.25, 0.3) is 11.8 Å². The first-order valence-corrected chi connectivity index (χ1v) is 14.1. The predicted molar refractivity (Wildman–Crippen MR) is 151 cm³/mol. The molecule has 1 saturated heterocycles. The summed E-state index contributed by atoms with van der Waals surface area (Å²) in [6.07, 6.45) is -1.52. The van der Waals surface area contributed by atoms with Crippen LogP contribution in [0.5, 0.6) is 0 Å². The Bertz CT molecular complexity index is 1180. The SMILES string of the molecule is CC(C)C[C@H](OC(=O)NC(c1ccccc1)C(F)(F)c1cccc(C(C)C)c1)C(=O)N[C@H](CO)C[C@@H]1CCNC1=O. The van der Waals surface area contributed by atoms with Crippen molar-refractivity contribution in [1.82, 2.24) is 16.0 Å². The fourth-order valence-corrected chi connectivity index (χ4v) is 4.91. The molecule has 0 spiro atoms. The summed E-state index contributed by atoms with van der Waals surface area (Å²) in [6, 6.07) is 11.5. The number of hydrogen-bond donors (Lipinski definition) is 4. The number of aliphatic hydroxyl groups excluding tert-OH is 1. The number of amides is 3. The lowest BCUT2D eigenvalue weighted by Gasteiger charge is -2.30. The maximum absolute atomic E-state index is 16.0. The molecular formula is C31H41F2N3O5. The first-order valence-electron chi connectivity index (χ1n) is 14.1. The predicted octanol–water partition coefficient (Wildman–Crippen LogP) is 4.79. The molecule has 0 bridgehead atoms. The summed E-state index contributed by atoms with van der Waals surface area (Å²) in [5.41, 5.74) is 0.652. The topological polar surface area (TPSA) is 117 Å². The molecule has 2 aromatic carbocycles. The van der Waals surface area contributed by atoms with Crippen molar-refractivity contribution in [2.75, 3.05) is 13.2 Å². The van der Waals surface area contributed by atoms with Crippen LogP contribution < -0.4 is 16.0 Å². The largest absolute Gasteiger partial charge is 0.436 e. The van der Waals surface area contributed by atoms with Gasteiger partial charge in [0, 0.05) is 18.0 Å². The molecule has 3 amide bonds. The van der Waals surface area contributed by atoms with Crippen molar-refractivity contribution >= 4 is 17.9 Å². The van der Waals surface area contributed by atoms with Crippen LogP contribution >= 0.6 is 0 Å². The highest BCUT2D eigenvalue weighted by molar-refractivity contribution is 5.84. The van der Waals surface area contributed by atoms with E-state index in [9.17, 15) is 19.5 Å². The van der Waals surface area contributed by atoms with Crippen molar-refractivity contribution < 1.29 is 33.0 Å². The average Bonchev–Trinajstić information content (AvgIpc) is 3.34. The van der Waals surface area contributed by atoms with Crippen molar-refractivity contribution in [3.63, 3.8) is 0 Å². The van der Waals surface area contributed by atoms with Crippen molar-refractivity contribution in [3.05, 3.63) is 71.3 Å². The fraction of sp³-hybridized carbons (Fsp3) is 0.516. The smallest absolute Gasteiger partial charge is 0.408 e. The minimum absolute atomic E-state index is 0.0277. The van der Waals surface area contributed by atoms with Crippen LogP contribution in [0.1, 0.15) is 75.6 Å². The van der Waals surface area contributed by atoms with Crippen LogP contribution in [-0.2, 0) is 20.2 Å². The summed E-state index contributed by atoms with van der Waals surface area (Å²) in [5, 5.41) is 17.5. The van der Waals surface area contributed by atoms with E-state index in [2.05, 4.69) is 16.0 Å². The van der Waals surface area contributed by atoms with Gasteiger partial charge in [0.1, 0.15) is 6.04 Å². The highest BCUT2D eigenvalue weighted by Crippen LogP contribution is 2.41. The lowest BCUT2D eigenvalue weighted by Crippen LogP contribution is -2.48. The van der Waals surface area contributed by atoms with Crippen LogP contribution in [0.4, 0.5) is 13.6 Å². The maximum Gasteiger partial charge on any atom is 0.408 e. The van der Waals surface area contributed by atoms with Gasteiger partial charge in [-0.25, -0.2) is 4.79 Å². The van der Waals surface area contributed by atoms with Crippen molar-refractivity contribution in [1.29, 1.82) is 0 Å². The molecule has 4 N–H and O–H groups in total. The number of alkyl halides is 2. The van der Waals surface area contributed by atoms with Crippen LogP contribution in [0, 0.1) is 11.8 Å². The maximum atomic E-state index is 16.0. The number of carbonyl (C=O) groups is 3. The van der Waals surface area contributed by atoms with Crippen LogP contribution in [-0.4, -0.2) is 48.3 Å². The molecule has 4 atom stereocenters. The Morgan fingerprint density at radius 2 is 1.73 bits per heavy atom. The van der Waals surface area contributed by atoms with Crippen LogP contribution in [0.2, 0.25) is 0 Å². The second-order valence-electron chi connectivity index (χ2n) is 11.3. The van der Waals surface area contributed by atoms with Gasteiger partial charge in [-0.2, -0.15) is 8.78 Å². The minimum Gasteiger partial charge on any atom is -0.436 e. The molecule has 8 nitrogen and oxygen atoms in total. The lowest BCUT2D eigenvalue weighted by molar-refractivity contribution is -0.132. The Labute approximate surface area is 240 Å². The zero-order valence-electron chi connectivity index (χ0n) is 24.0. The second kappa shape index (κ2) is 14.4. The van der Waals surface area contributed by atoms with Gasteiger partial charge in [-0.15, -0.1) is 0 Å². The molecule has 2 aromatic rings. The molecular weight excluding hydrogens is 532 g/mol. The number of benzene rings is 2. The first-order chi connectivity index (χ1) is 19.4. The quantitative estimate of drug-likeness (QED) is 0.275. The molecule has 1 fully saturated rings. The van der Waals surface area contributed by atoms with Gasteiger partial charge in [-0.3, -0.25) is 9.59 Å². The third-order valence-corrected chi connectivity index (χ3v) is 7.22. The number of rotatable bonds is 13. The Hall–Kier alpha value is -3.53. The normalized spacial score (nSPS) is 17.6. The van der Waals surface area contributed by atoms with E-state index in [1.807, 2.05) is 27.7 Å². The summed E-state index contributed by atoms with van der Waals surface area (Å²) < 4.78 is 37.5. The third kappa shape index (κ3) is 8.73. The summed E-state index contributed by atoms with van der Waals surface area (Å²) in [6.45, 7) is 7.60.